The van der Waals surface area contributed by atoms with Crippen LogP contribution in [-0.2, 0) is 9.47 Å². The Bertz CT molecular complexity index is 1800. The van der Waals surface area contributed by atoms with Crippen LogP contribution >= 0.6 is 70.4 Å². The van der Waals surface area contributed by atoms with E-state index in [1.54, 1.807) is 0 Å². The fourth-order valence-corrected chi connectivity index (χ4v) is 9.96. The van der Waals surface area contributed by atoms with Gasteiger partial charge in [0.15, 0.2) is 0 Å². The molecule has 6 aliphatic heterocycles. The van der Waals surface area contributed by atoms with Crippen LogP contribution in [0.2, 0.25) is 0 Å². The predicted octanol–water partition coefficient (Wildman–Crippen LogP) is 11.3. The number of amides is 2. The molecule has 62 heavy (non-hydrogen) atoms. The first-order valence-electron chi connectivity index (χ1n) is 21.2. The van der Waals surface area contributed by atoms with Gasteiger partial charge in [-0.1, -0.05) is 62.6 Å². The lowest BCUT2D eigenvalue weighted by atomic mass is 10.0. The number of anilines is 2. The van der Waals surface area contributed by atoms with E-state index in [1.807, 2.05) is 63.5 Å². The maximum Gasteiger partial charge on any atom is 0.410 e. The van der Waals surface area contributed by atoms with Crippen molar-refractivity contribution < 1.29 is 19.1 Å². The number of carbonyl (C=O) groups is 2. The lowest BCUT2D eigenvalue weighted by Crippen LogP contribution is -2.37. The lowest BCUT2D eigenvalue weighted by molar-refractivity contribution is 0.0272. The van der Waals surface area contributed by atoms with Crippen molar-refractivity contribution in [2.75, 3.05) is 88.3 Å². The largest absolute Gasteiger partial charge is 0.444 e. The van der Waals surface area contributed by atoms with Crippen molar-refractivity contribution in [2.24, 2.45) is 35.5 Å². The van der Waals surface area contributed by atoms with Gasteiger partial charge in [0.2, 0.25) is 0 Å². The van der Waals surface area contributed by atoms with Gasteiger partial charge in [0.1, 0.15) is 11.2 Å². The number of benzene rings is 3. The summed E-state index contributed by atoms with van der Waals surface area (Å²) >= 11 is 12.6. The van der Waals surface area contributed by atoms with Crippen LogP contribution < -0.4 is 20.4 Å². The zero-order valence-electron chi connectivity index (χ0n) is 35.8. The number of carbonyl (C=O) groups excluding carboxylic acids is 2. The van der Waals surface area contributed by atoms with Gasteiger partial charge in [0.25, 0.3) is 0 Å². The minimum absolute atomic E-state index is 0. The molecular formula is C48H70Br3IN6O4. The number of rotatable bonds is 2. The van der Waals surface area contributed by atoms with Crippen LogP contribution in [0.4, 0.5) is 21.0 Å². The van der Waals surface area contributed by atoms with E-state index in [0.29, 0.717) is 23.7 Å². The number of ether oxygens (including phenoxy) is 2. The van der Waals surface area contributed by atoms with Crippen LogP contribution in [0.1, 0.15) is 56.4 Å². The summed E-state index contributed by atoms with van der Waals surface area (Å²) in [6.45, 7) is 23.8. The molecule has 9 rings (SSSR count). The van der Waals surface area contributed by atoms with Crippen LogP contribution in [0, 0.1) is 39.1 Å². The predicted molar refractivity (Wildman–Crippen MR) is 275 cm³/mol. The molecule has 344 valence electrons. The summed E-state index contributed by atoms with van der Waals surface area (Å²) in [6, 6.07) is 25.3. The topological polar surface area (TPSA) is 89.6 Å². The second kappa shape index (κ2) is 23.4. The van der Waals surface area contributed by atoms with E-state index >= 15 is 0 Å². The van der Waals surface area contributed by atoms with Gasteiger partial charge in [0, 0.05) is 119 Å². The Morgan fingerprint density at radius 1 is 0.500 bits per heavy atom. The average molecular weight is 1160 g/mol. The van der Waals surface area contributed by atoms with Crippen molar-refractivity contribution >= 4 is 93.9 Å². The van der Waals surface area contributed by atoms with E-state index < -0.39 is 5.60 Å². The molecule has 3 aromatic carbocycles. The van der Waals surface area contributed by atoms with Gasteiger partial charge < -0.3 is 39.7 Å². The number of hydrogen-bond donors (Lipinski definition) is 2. The van der Waals surface area contributed by atoms with Crippen molar-refractivity contribution in [1.29, 1.82) is 0 Å². The summed E-state index contributed by atoms with van der Waals surface area (Å²) in [4.78, 5) is 32.6. The third-order valence-corrected chi connectivity index (χ3v) is 14.1. The Labute approximate surface area is 411 Å². The zero-order valence-corrected chi connectivity index (χ0v) is 42.7. The standard InChI is InChI=1S/C17H23BrN2O2.C12H15BrN2.C11H20N2O2.C6H4BrI.2CH4/c1-17(2,3)22-16(21)20-10-12-8-19(9-13(12)11-20)15-6-4-14(18)5-7-15;13-11-1-3-12(4-2-11)15-7-9-5-14-6-10(9)8-15;1-11(2,3)15-10(14)13-6-8-4-12-5-9(8)7-13;7-5-1-3-6(8)4-2-5;;/h4-7,12-13H,8-11H2,1-3H3;1-4,9-10,14H,5-8H2;8-9,12H,4-7H2,1-3H3;1-4H;2*1H4/t12-,13+;9-,10+;8-,9+;;;. The Balaban J connectivity index is 0.000000189. The number of hydrogen-bond acceptors (Lipinski definition) is 8. The fourth-order valence-electron chi connectivity index (χ4n) is 8.81. The summed E-state index contributed by atoms with van der Waals surface area (Å²) < 4.78 is 15.5. The van der Waals surface area contributed by atoms with Crippen molar-refractivity contribution in [1.82, 2.24) is 20.4 Å². The van der Waals surface area contributed by atoms with Gasteiger partial charge in [-0.05, 0) is 161 Å². The molecule has 6 atom stereocenters. The highest BCUT2D eigenvalue weighted by molar-refractivity contribution is 14.1. The molecule has 2 N–H and O–H groups in total. The smallest absolute Gasteiger partial charge is 0.410 e. The number of likely N-dealkylation sites (tertiary alicyclic amines) is 2. The quantitative estimate of drug-likeness (QED) is 0.245. The molecule has 2 amide bonds. The highest BCUT2D eigenvalue weighted by Gasteiger charge is 2.43. The Morgan fingerprint density at radius 3 is 1.08 bits per heavy atom. The van der Waals surface area contributed by atoms with Gasteiger partial charge in [0.05, 0.1) is 0 Å². The summed E-state index contributed by atoms with van der Waals surface area (Å²) in [5, 5.41) is 6.82. The number of nitrogens with one attached hydrogen (secondary N) is 2. The summed E-state index contributed by atoms with van der Waals surface area (Å²) in [6.07, 6.45) is -0.325. The first-order chi connectivity index (χ1) is 28.4. The maximum absolute atomic E-state index is 12.2. The van der Waals surface area contributed by atoms with Crippen molar-refractivity contribution in [2.45, 2.75) is 67.6 Å². The van der Waals surface area contributed by atoms with Crippen LogP contribution in [0.25, 0.3) is 0 Å². The molecule has 0 unspecified atom stereocenters. The second-order valence-electron chi connectivity index (χ2n) is 18.8. The second-order valence-corrected chi connectivity index (χ2v) is 22.8. The van der Waals surface area contributed by atoms with Gasteiger partial charge in [-0.2, -0.15) is 0 Å². The van der Waals surface area contributed by atoms with Crippen LogP contribution in [0.5, 0.6) is 0 Å². The summed E-state index contributed by atoms with van der Waals surface area (Å²) in [7, 11) is 0. The molecule has 0 saturated carbocycles. The third-order valence-electron chi connectivity index (χ3n) is 11.8. The van der Waals surface area contributed by atoms with E-state index in [-0.39, 0.29) is 32.6 Å². The maximum atomic E-state index is 12.2. The van der Waals surface area contributed by atoms with Crippen molar-refractivity contribution in [3.05, 3.63) is 89.8 Å². The van der Waals surface area contributed by atoms with E-state index in [4.69, 9.17) is 9.47 Å². The minimum Gasteiger partial charge on any atom is -0.444 e. The molecule has 0 aromatic heterocycles. The number of nitrogens with zero attached hydrogens (tertiary/aromatic N) is 4. The number of fused-ring (bicyclic) bond motifs is 3. The monoisotopic (exact) mass is 1160 g/mol. The van der Waals surface area contributed by atoms with Crippen LogP contribution in [0.15, 0.2) is 86.2 Å². The molecule has 0 bridgehead atoms. The Morgan fingerprint density at radius 2 is 0.774 bits per heavy atom. The van der Waals surface area contributed by atoms with Gasteiger partial charge >= 0.3 is 12.2 Å². The number of halogens is 4. The highest BCUT2D eigenvalue weighted by atomic mass is 127. The van der Waals surface area contributed by atoms with Crippen molar-refractivity contribution in [3.63, 3.8) is 0 Å². The van der Waals surface area contributed by atoms with Gasteiger partial charge in [-0.15, -0.1) is 0 Å². The lowest BCUT2D eigenvalue weighted by Gasteiger charge is -2.26. The Hall–Kier alpha value is -2.11. The van der Waals surface area contributed by atoms with E-state index in [0.717, 1.165) is 77.6 Å². The first kappa shape index (κ1) is 52.5. The van der Waals surface area contributed by atoms with Crippen LogP contribution in [-0.4, -0.2) is 112 Å². The van der Waals surface area contributed by atoms with Gasteiger partial charge in [-0.3, -0.25) is 0 Å². The van der Waals surface area contributed by atoms with E-state index in [9.17, 15) is 9.59 Å². The molecule has 6 heterocycles. The SMILES string of the molecule is Brc1ccc(I)cc1.Brc1ccc(N2C[C@H]3CNC[C@H]3C2)cc1.C.C.CC(C)(C)OC(=O)N1C[C@@H]2CN(c3ccc(Br)cc3)C[C@@H]2C1.CC(C)(C)OC(=O)N1C[C@H]2CNC[C@H]2C1. The van der Waals surface area contributed by atoms with Crippen molar-refractivity contribution in [3.8, 4) is 0 Å². The summed E-state index contributed by atoms with van der Waals surface area (Å²) in [5.74, 6) is 4.12. The van der Waals surface area contributed by atoms with E-state index in [2.05, 4.69) is 151 Å². The molecule has 0 radical (unpaired) electrons. The molecule has 14 heteroatoms. The normalized spacial score (nSPS) is 24.4. The molecule has 0 aliphatic carbocycles. The zero-order chi connectivity index (χ0) is 43.2. The molecule has 3 aromatic rings. The molecule has 10 nitrogen and oxygen atoms in total. The molecule has 6 saturated heterocycles. The molecule has 6 fully saturated rings. The molecule has 6 aliphatic rings. The van der Waals surface area contributed by atoms with Crippen LogP contribution in [0.3, 0.4) is 0 Å². The Kier molecular flexibility index (Phi) is 19.8. The average Bonchev–Trinajstić information content (AvgIpc) is 4.01. The highest BCUT2D eigenvalue weighted by Crippen LogP contribution is 2.35. The fraction of sp³-hybridized carbons (Fsp3) is 0.583. The summed E-state index contributed by atoms with van der Waals surface area (Å²) in [5.41, 5.74) is 1.83. The molecular weight excluding hydrogens is 1090 g/mol. The van der Waals surface area contributed by atoms with E-state index in [1.165, 1.54) is 41.1 Å². The first-order valence-corrected chi connectivity index (χ1v) is 24.6. The minimum atomic E-state index is -0.418. The third kappa shape index (κ3) is 15.5. The molecule has 0 spiro atoms. The van der Waals surface area contributed by atoms with Gasteiger partial charge in [-0.25, -0.2) is 9.59 Å².